The van der Waals surface area contributed by atoms with Gasteiger partial charge in [-0.05, 0) is 82.9 Å². The van der Waals surface area contributed by atoms with Crippen LogP contribution < -0.4 is 9.80 Å². The first-order valence-electron chi connectivity index (χ1n) is 15.1. The minimum Gasteiger partial charge on any atom is -0.310 e. The number of hydrogen-bond donors (Lipinski definition) is 0. The summed E-state index contributed by atoms with van der Waals surface area (Å²) in [6.45, 7) is 0. The standard InChI is InChI=1S/C41H27F3N2/c42-41(43,44)30-25-28-21-23-35-37(45(31-13-5-1-6-14-31)32-15-7-2-8-16-32)27-38(36-24-22-29(26-30)39(28)40(35)36)46(33-17-9-3-10-18-33)34-19-11-4-12-20-34/h1-27H. The Hall–Kier alpha value is -5.81. The predicted octanol–water partition coefficient (Wildman–Crippen LogP) is 12.5. The van der Waals surface area contributed by atoms with Gasteiger partial charge in [0.05, 0.1) is 16.9 Å². The lowest BCUT2D eigenvalue weighted by molar-refractivity contribution is -0.137. The molecule has 0 aliphatic carbocycles. The average Bonchev–Trinajstić information content (AvgIpc) is 3.09. The van der Waals surface area contributed by atoms with E-state index in [9.17, 15) is 13.2 Å². The molecule has 0 spiro atoms. The van der Waals surface area contributed by atoms with E-state index >= 15 is 0 Å². The number of rotatable bonds is 6. The van der Waals surface area contributed by atoms with Crippen LogP contribution >= 0.6 is 0 Å². The van der Waals surface area contributed by atoms with E-state index in [0.29, 0.717) is 10.8 Å². The molecule has 0 saturated heterocycles. The van der Waals surface area contributed by atoms with E-state index in [1.807, 2.05) is 97.1 Å². The molecule has 0 heterocycles. The minimum absolute atomic E-state index is 0.558. The zero-order chi connectivity index (χ0) is 31.3. The second-order valence-corrected chi connectivity index (χ2v) is 11.3. The number of alkyl halides is 3. The molecule has 8 rings (SSSR count). The first kappa shape index (κ1) is 27.7. The van der Waals surface area contributed by atoms with Gasteiger partial charge in [0, 0.05) is 38.9 Å². The summed E-state index contributed by atoms with van der Waals surface area (Å²) >= 11 is 0. The monoisotopic (exact) mass is 604 g/mol. The average molecular weight is 605 g/mol. The van der Waals surface area contributed by atoms with Crippen LogP contribution in [0, 0.1) is 0 Å². The highest BCUT2D eigenvalue weighted by Gasteiger charge is 2.32. The van der Waals surface area contributed by atoms with Gasteiger partial charge in [0.15, 0.2) is 0 Å². The van der Waals surface area contributed by atoms with Gasteiger partial charge in [0.2, 0.25) is 0 Å². The number of nitrogens with zero attached hydrogens (tertiary/aromatic N) is 2. The lowest BCUT2D eigenvalue weighted by Crippen LogP contribution is -2.14. The Labute approximate surface area is 264 Å². The molecule has 0 aromatic heterocycles. The van der Waals surface area contributed by atoms with Crippen LogP contribution in [0.3, 0.4) is 0 Å². The van der Waals surface area contributed by atoms with E-state index in [0.717, 1.165) is 55.7 Å². The number of hydrogen-bond acceptors (Lipinski definition) is 2. The molecule has 46 heavy (non-hydrogen) atoms. The van der Waals surface area contributed by atoms with Crippen molar-refractivity contribution in [1.82, 2.24) is 0 Å². The zero-order valence-electron chi connectivity index (χ0n) is 24.6. The van der Waals surface area contributed by atoms with Crippen molar-refractivity contribution >= 4 is 66.4 Å². The molecule has 0 fully saturated rings. The van der Waals surface area contributed by atoms with E-state index in [1.54, 1.807) is 0 Å². The van der Waals surface area contributed by atoms with E-state index < -0.39 is 11.7 Å². The Morgan fingerprint density at radius 3 is 1.04 bits per heavy atom. The molecule has 0 aliphatic heterocycles. The van der Waals surface area contributed by atoms with Crippen molar-refractivity contribution in [2.24, 2.45) is 0 Å². The Morgan fingerprint density at radius 1 is 0.370 bits per heavy atom. The second kappa shape index (κ2) is 11.0. The molecule has 0 radical (unpaired) electrons. The summed E-state index contributed by atoms with van der Waals surface area (Å²) < 4.78 is 42.0. The molecule has 0 amide bonds. The van der Waals surface area contributed by atoms with Gasteiger partial charge in [-0.2, -0.15) is 13.2 Å². The smallest absolute Gasteiger partial charge is 0.310 e. The molecule has 8 aromatic carbocycles. The number of anilines is 6. The van der Waals surface area contributed by atoms with Gasteiger partial charge in [-0.15, -0.1) is 0 Å². The van der Waals surface area contributed by atoms with Crippen LogP contribution in [0.2, 0.25) is 0 Å². The number of para-hydroxylation sites is 4. The van der Waals surface area contributed by atoms with E-state index in [1.165, 1.54) is 12.1 Å². The summed E-state index contributed by atoms with van der Waals surface area (Å²) in [5.74, 6) is 0. The normalized spacial score (nSPS) is 11.8. The van der Waals surface area contributed by atoms with Crippen LogP contribution in [0.15, 0.2) is 164 Å². The Kier molecular flexibility index (Phi) is 6.61. The first-order chi connectivity index (χ1) is 22.5. The third-order valence-corrected chi connectivity index (χ3v) is 8.54. The molecule has 0 N–H and O–H groups in total. The van der Waals surface area contributed by atoms with Crippen LogP contribution in [0.25, 0.3) is 32.3 Å². The fourth-order valence-electron chi connectivity index (χ4n) is 6.57. The maximum atomic E-state index is 14.0. The van der Waals surface area contributed by atoms with Gasteiger partial charge in [-0.1, -0.05) is 97.1 Å². The molecule has 5 heteroatoms. The fourth-order valence-corrected chi connectivity index (χ4v) is 6.57. The van der Waals surface area contributed by atoms with Crippen LogP contribution in [0.1, 0.15) is 5.56 Å². The maximum Gasteiger partial charge on any atom is 0.416 e. The lowest BCUT2D eigenvalue weighted by Gasteiger charge is -2.32. The molecule has 0 atom stereocenters. The second-order valence-electron chi connectivity index (χ2n) is 11.3. The molecular weight excluding hydrogens is 577 g/mol. The number of benzene rings is 8. The van der Waals surface area contributed by atoms with Gasteiger partial charge in [-0.3, -0.25) is 0 Å². The Morgan fingerprint density at radius 2 is 0.717 bits per heavy atom. The van der Waals surface area contributed by atoms with Gasteiger partial charge in [-0.25, -0.2) is 0 Å². The Balaban J connectivity index is 1.54. The molecular formula is C41H27F3N2. The van der Waals surface area contributed by atoms with Crippen molar-refractivity contribution in [1.29, 1.82) is 0 Å². The van der Waals surface area contributed by atoms with Crippen LogP contribution in [0.4, 0.5) is 47.3 Å². The summed E-state index contributed by atoms with van der Waals surface area (Å²) in [5, 5.41) is 4.75. The molecule has 2 nitrogen and oxygen atoms in total. The largest absolute Gasteiger partial charge is 0.416 e. The van der Waals surface area contributed by atoms with E-state index in [2.05, 4.69) is 64.4 Å². The van der Waals surface area contributed by atoms with Crippen molar-refractivity contribution < 1.29 is 13.2 Å². The van der Waals surface area contributed by atoms with Crippen LogP contribution in [-0.2, 0) is 6.18 Å². The van der Waals surface area contributed by atoms with Crippen molar-refractivity contribution in [2.45, 2.75) is 6.18 Å². The molecule has 8 aromatic rings. The quantitative estimate of drug-likeness (QED) is 0.174. The fraction of sp³-hybridized carbons (Fsp3) is 0.0244. The summed E-state index contributed by atoms with van der Waals surface area (Å²) in [4.78, 5) is 4.45. The van der Waals surface area contributed by atoms with Crippen LogP contribution in [0.5, 0.6) is 0 Å². The molecule has 222 valence electrons. The first-order valence-corrected chi connectivity index (χ1v) is 15.1. The highest BCUT2D eigenvalue weighted by atomic mass is 19.4. The van der Waals surface area contributed by atoms with Gasteiger partial charge in [0.1, 0.15) is 0 Å². The molecule has 0 saturated carbocycles. The third-order valence-electron chi connectivity index (χ3n) is 8.54. The maximum absolute atomic E-state index is 14.0. The lowest BCUT2D eigenvalue weighted by atomic mass is 9.90. The van der Waals surface area contributed by atoms with Crippen molar-refractivity contribution in [3.8, 4) is 0 Å². The molecule has 0 aliphatic rings. The summed E-state index contributed by atoms with van der Waals surface area (Å²) in [7, 11) is 0. The topological polar surface area (TPSA) is 6.48 Å². The van der Waals surface area contributed by atoms with E-state index in [-0.39, 0.29) is 0 Å². The van der Waals surface area contributed by atoms with Gasteiger partial charge < -0.3 is 9.80 Å². The summed E-state index contributed by atoms with van der Waals surface area (Å²) in [5.41, 5.74) is 5.08. The van der Waals surface area contributed by atoms with Crippen molar-refractivity contribution in [2.75, 3.05) is 9.80 Å². The molecule has 0 unspecified atom stereocenters. The van der Waals surface area contributed by atoms with Crippen LogP contribution in [-0.4, -0.2) is 0 Å². The highest BCUT2D eigenvalue weighted by molar-refractivity contribution is 6.29. The molecule has 0 bridgehead atoms. The summed E-state index contributed by atoms with van der Waals surface area (Å²) in [6.07, 6.45) is -4.45. The SMILES string of the molecule is FC(F)(F)c1cc2ccc3c(N(c4ccccc4)c4ccccc4)cc(N(c4ccccc4)c4ccccc4)c4ccc(c1)c2c34. The Bertz CT molecular complexity index is 2060. The zero-order valence-corrected chi connectivity index (χ0v) is 24.6. The van der Waals surface area contributed by atoms with Crippen molar-refractivity contribution in [3.05, 3.63) is 169 Å². The van der Waals surface area contributed by atoms with Gasteiger partial charge >= 0.3 is 6.18 Å². The third kappa shape index (κ3) is 4.68. The van der Waals surface area contributed by atoms with Gasteiger partial charge in [0.25, 0.3) is 0 Å². The predicted molar refractivity (Wildman–Crippen MR) is 185 cm³/mol. The number of halogens is 3. The minimum atomic E-state index is -4.45. The van der Waals surface area contributed by atoms with Crippen molar-refractivity contribution in [3.63, 3.8) is 0 Å². The van der Waals surface area contributed by atoms with E-state index in [4.69, 9.17) is 0 Å². The summed E-state index contributed by atoms with van der Waals surface area (Å²) in [6, 6.07) is 53.0. The highest BCUT2D eigenvalue weighted by Crippen LogP contribution is 2.50.